The van der Waals surface area contributed by atoms with Gasteiger partial charge in [-0.15, -0.1) is 0 Å². The number of amides is 2. The van der Waals surface area contributed by atoms with E-state index in [1.54, 1.807) is 20.8 Å². The van der Waals surface area contributed by atoms with Gasteiger partial charge in [0.05, 0.1) is 41.8 Å². The van der Waals surface area contributed by atoms with E-state index < -0.39 is 145 Å². The molecule has 141 heavy (non-hydrogen) atoms. The maximum absolute atomic E-state index is 12.8. The number of rotatable bonds is 29. The Hall–Kier alpha value is -11.8. The van der Waals surface area contributed by atoms with Gasteiger partial charge in [0, 0.05) is 173 Å². The highest BCUT2D eigenvalue weighted by atomic mass is 79.9. The molecular weight excluding hydrogens is 1990 g/mol. The van der Waals surface area contributed by atoms with E-state index in [4.69, 9.17) is 53.5 Å². The first-order valence-electron chi connectivity index (χ1n) is 45.3. The standard InChI is InChI=1S/C23H30N2O6S.C20H25NO5S.C18H22N2O5S.C18H21NO5S.C16H20BrNO5S.C5H6O2/c1-4-5-8-17-10-12-18(13-11-17)20-15-19(30-24-20)16-23(2,32(3,27)28)22(26)25-31-21-9-6-7-14-29-21;1-5-7-8-15-9-11-16(12-10-15)18-13-17(26-21-18)14-20(3,27(4,23)24)19(22)25-6-2;1-4-5-6-13-7-9-14(10-8-13)16-11-15(25-20-16)12-18(2,17(21)19-22)26(3,23)24;1-4-5-6-13-7-9-14(10-8-13)16-11-15(24-19-16)12-18(2,17(20)21)25(3,22)23;1-4-22-15(19)16(2,24(3,20)21)10-13-9-14(18-23-13)11-5-7-12(17)8-6-11;1-2-3-4-5(6)7/h10-13,19,21H,4,6-7,9,14-16H2,1-3H3,(H,25,26);9-12,17H,5-6,13-14H2,1-4H3;7-10,15,22H,4,11-12H2,1-3H3,(H,19,21);7-10,15H,4,11-12H2,1-3H3,(H,20,21);5-8,13H,4,9-10H2,1-3H3;2H2,1H3,(H,6,7). The predicted octanol–water partition coefficient (Wildman–Crippen LogP) is 12.4. The van der Waals surface area contributed by atoms with Crippen LogP contribution in [0.4, 0.5) is 0 Å². The summed E-state index contributed by atoms with van der Waals surface area (Å²) in [7, 11) is -18.7. The molecule has 0 saturated carbocycles. The minimum absolute atomic E-state index is 0.00576. The molecule has 1 fully saturated rings. The van der Waals surface area contributed by atoms with Gasteiger partial charge in [-0.3, -0.25) is 29.2 Å². The van der Waals surface area contributed by atoms with Crippen molar-refractivity contribution in [3.8, 4) is 59.2 Å². The zero-order valence-electron chi connectivity index (χ0n) is 82.1. The molecule has 0 bridgehead atoms. The Labute approximate surface area is 835 Å². The van der Waals surface area contributed by atoms with Crippen molar-refractivity contribution in [3.05, 3.63) is 176 Å². The van der Waals surface area contributed by atoms with E-state index in [0.717, 1.165) is 136 Å². The molecule has 0 radical (unpaired) electrons. The number of hydrogen-bond acceptors (Lipinski definition) is 31. The first kappa shape index (κ1) is 118. The Kier molecular flexibility index (Phi) is 45.0. The molecule has 35 nitrogen and oxygen atoms in total. The fourth-order valence-electron chi connectivity index (χ4n) is 14.0. The number of sulfone groups is 5. The fourth-order valence-corrected chi connectivity index (χ4v) is 18.5. The van der Waals surface area contributed by atoms with Crippen LogP contribution in [0, 0.1) is 59.2 Å². The van der Waals surface area contributed by atoms with E-state index in [9.17, 15) is 76.0 Å². The highest BCUT2D eigenvalue weighted by Gasteiger charge is 2.53. The van der Waals surface area contributed by atoms with Crippen molar-refractivity contribution in [3.63, 3.8) is 0 Å². The molecule has 1 saturated heterocycles. The summed E-state index contributed by atoms with van der Waals surface area (Å²) in [6.45, 7) is 20.4. The number of hydroxylamine groups is 2. The van der Waals surface area contributed by atoms with Gasteiger partial charge in [-0.1, -0.05) is 190 Å². The van der Waals surface area contributed by atoms with Crippen LogP contribution in [-0.2, 0) is 121 Å². The molecule has 6 heterocycles. The molecule has 0 spiro atoms. The molecule has 11 unspecified atom stereocenters. The first-order chi connectivity index (χ1) is 66.3. The normalized spacial score (nSPS) is 19.3. The molecule has 6 aliphatic heterocycles. The SMILES string of the molecule is CCC#CC(=O)O.CCC#Cc1ccc(C2=NOC(CC(C)(C(=O)NO)S(C)(=O)=O)C2)cc1.CCC#Cc1ccc(C2=NOC(CC(C)(C(=O)NOC3CCCCO3)S(C)(=O)=O)C2)cc1.CCC#Cc1ccc(C2=NOC(CC(C)(C(=O)O)S(C)(=O)=O)C2)cc1.CCC#Cc1ccc(C2=NOC(CC(C)(C(=O)OCC)S(C)(=O)=O)C2)cc1.CCOC(=O)C(C)(CC1CC(c2ccc(Br)cc2)=NO1)S(C)(=O)=O. The molecule has 2 amide bonds. The Bertz CT molecular complexity index is 6360. The second kappa shape index (κ2) is 53.9. The van der Waals surface area contributed by atoms with Gasteiger partial charge in [-0.2, -0.15) is 0 Å². The van der Waals surface area contributed by atoms with Crippen molar-refractivity contribution in [2.45, 2.75) is 259 Å². The number of carbonyl (C=O) groups is 6. The Balaban J connectivity index is 0.000000266. The molecule has 0 aromatic heterocycles. The number of carboxylic acids is 2. The van der Waals surface area contributed by atoms with Crippen molar-refractivity contribution in [2.75, 3.05) is 51.1 Å². The Morgan fingerprint density at radius 3 is 0.879 bits per heavy atom. The average Bonchev–Trinajstić information content (AvgIpc) is 1.79. The van der Waals surface area contributed by atoms with E-state index in [1.807, 2.05) is 155 Å². The van der Waals surface area contributed by atoms with Gasteiger partial charge in [0.25, 0.3) is 11.8 Å². The summed E-state index contributed by atoms with van der Waals surface area (Å²) in [5, 5.41) is 46.4. The molecule has 11 rings (SSSR count). The molecule has 5 aromatic carbocycles. The van der Waals surface area contributed by atoms with Crippen molar-refractivity contribution < 1.29 is 130 Å². The van der Waals surface area contributed by atoms with E-state index in [0.29, 0.717) is 68.7 Å². The zero-order chi connectivity index (χ0) is 105. The highest BCUT2D eigenvalue weighted by molar-refractivity contribution is 9.10. The van der Waals surface area contributed by atoms with Gasteiger partial charge in [0.2, 0.25) is 0 Å². The number of esters is 2. The van der Waals surface area contributed by atoms with Gasteiger partial charge in [-0.05, 0) is 150 Å². The maximum Gasteiger partial charge on any atom is 0.381 e. The average molecular weight is 2110 g/mol. The molecule has 5 aromatic rings. The number of oxime groups is 5. The predicted molar refractivity (Wildman–Crippen MR) is 537 cm³/mol. The van der Waals surface area contributed by atoms with Gasteiger partial charge < -0.3 is 48.6 Å². The van der Waals surface area contributed by atoms with Gasteiger partial charge in [-0.25, -0.2) is 62.7 Å². The van der Waals surface area contributed by atoms with E-state index >= 15 is 0 Å². The number of nitrogens with zero attached hydrogens (tertiary/aromatic N) is 5. The Morgan fingerprint density at radius 2 is 0.652 bits per heavy atom. The summed E-state index contributed by atoms with van der Waals surface area (Å²) in [5.41, 5.74) is 15.2. The number of carboxylic acid groups (broad SMARTS) is 2. The van der Waals surface area contributed by atoms with E-state index in [2.05, 4.69) is 100 Å². The third kappa shape index (κ3) is 34.2. The largest absolute Gasteiger partial charge is 0.480 e. The van der Waals surface area contributed by atoms with Crippen LogP contribution in [0.25, 0.3) is 0 Å². The molecule has 764 valence electrons. The summed E-state index contributed by atoms with van der Waals surface area (Å²) in [5.74, 6) is 22.9. The summed E-state index contributed by atoms with van der Waals surface area (Å²) in [6, 6.07) is 37.9. The lowest BCUT2D eigenvalue weighted by Crippen LogP contribution is -2.52. The monoisotopic (exact) mass is 2110 g/mol. The van der Waals surface area contributed by atoms with Crippen LogP contribution in [0.3, 0.4) is 0 Å². The lowest BCUT2D eigenvalue weighted by molar-refractivity contribution is -0.201. The van der Waals surface area contributed by atoms with Crippen LogP contribution < -0.4 is 11.0 Å². The second-order valence-electron chi connectivity index (χ2n) is 34.3. The third-order valence-electron chi connectivity index (χ3n) is 23.3. The zero-order valence-corrected chi connectivity index (χ0v) is 87.7. The molecular formula is C100H124BrN7O28S5. The van der Waals surface area contributed by atoms with Crippen molar-refractivity contribution in [1.29, 1.82) is 0 Å². The van der Waals surface area contributed by atoms with Crippen LogP contribution >= 0.6 is 15.9 Å². The topological polar surface area (TPSA) is 503 Å². The van der Waals surface area contributed by atoms with Gasteiger partial charge >= 0.3 is 23.9 Å². The van der Waals surface area contributed by atoms with Crippen LogP contribution in [0.1, 0.15) is 249 Å². The van der Waals surface area contributed by atoms with Crippen LogP contribution in [0.2, 0.25) is 0 Å². The van der Waals surface area contributed by atoms with Gasteiger partial charge in [0.1, 0.15) is 30.5 Å². The summed E-state index contributed by atoms with van der Waals surface area (Å²) >= 11 is 3.37. The fraction of sp³-hybridized carbons (Fsp3) is 0.490. The quantitative estimate of drug-likeness (QED) is 0.0128. The number of carbonyl (C=O) groups excluding carboxylic acids is 4. The number of hydrogen-bond donors (Lipinski definition) is 5. The lowest BCUT2D eigenvalue weighted by Gasteiger charge is -2.29. The maximum atomic E-state index is 12.8. The smallest absolute Gasteiger partial charge is 0.381 e. The van der Waals surface area contributed by atoms with E-state index in [1.165, 1.54) is 40.1 Å². The molecule has 5 N–H and O–H groups in total. The molecule has 11 atom stereocenters. The highest BCUT2D eigenvalue weighted by Crippen LogP contribution is 2.37. The molecule has 6 aliphatic rings. The molecule has 0 aliphatic carbocycles. The van der Waals surface area contributed by atoms with Crippen molar-refractivity contribution >= 4 is 129 Å². The van der Waals surface area contributed by atoms with Gasteiger partial charge in [0.15, 0.2) is 79.2 Å². The molecule has 41 heteroatoms. The van der Waals surface area contributed by atoms with Crippen LogP contribution in [-0.4, -0.2) is 233 Å². The second-order valence-corrected chi connectivity index (χ2v) is 47.5. The Morgan fingerprint density at radius 1 is 0.390 bits per heavy atom. The van der Waals surface area contributed by atoms with E-state index in [-0.39, 0.29) is 45.3 Å². The minimum Gasteiger partial charge on any atom is -0.480 e. The summed E-state index contributed by atoms with van der Waals surface area (Å²) in [6.07, 6.45) is 9.56. The summed E-state index contributed by atoms with van der Waals surface area (Å²) in [4.78, 5) is 102. The number of aliphatic carboxylic acids is 2. The number of ether oxygens (including phenoxy) is 3. The first-order valence-corrected chi connectivity index (χ1v) is 55.6. The number of benzene rings is 5. The number of halogens is 1. The summed E-state index contributed by atoms with van der Waals surface area (Å²) < 4.78 is 129. The minimum atomic E-state index is -3.79. The third-order valence-corrected chi connectivity index (χ3v) is 33.7. The van der Waals surface area contributed by atoms with Crippen molar-refractivity contribution in [1.82, 2.24) is 11.0 Å². The van der Waals surface area contributed by atoms with Crippen molar-refractivity contribution in [2.24, 2.45) is 25.8 Å². The van der Waals surface area contributed by atoms with Crippen LogP contribution in [0.15, 0.2) is 152 Å². The number of nitrogens with one attached hydrogen (secondary N) is 2. The van der Waals surface area contributed by atoms with Crippen LogP contribution in [0.5, 0.6) is 0 Å². The lowest BCUT2D eigenvalue weighted by atomic mass is 9.96.